The van der Waals surface area contributed by atoms with Crippen molar-refractivity contribution in [2.45, 2.75) is 130 Å². The summed E-state index contributed by atoms with van der Waals surface area (Å²) in [4.78, 5) is 60.6. The minimum atomic E-state index is -2.23. The summed E-state index contributed by atoms with van der Waals surface area (Å²) in [6.45, 7) is 26.0. The number of nitrogens with zero attached hydrogens (tertiary/aromatic N) is 2. The Bertz CT molecular complexity index is 1470. The molecule has 2 aliphatic rings. The van der Waals surface area contributed by atoms with Crippen LogP contribution in [0.1, 0.15) is 83.2 Å². The first-order chi connectivity index (χ1) is 22.6. The van der Waals surface area contributed by atoms with Crippen molar-refractivity contribution in [1.29, 1.82) is 0 Å². The highest BCUT2D eigenvalue weighted by Gasteiger charge is 2.41. The molecule has 2 aliphatic heterocycles. The van der Waals surface area contributed by atoms with Crippen molar-refractivity contribution >= 4 is 55.8 Å². The second kappa shape index (κ2) is 16.6. The molecule has 1 aromatic rings. The molecule has 0 saturated carbocycles. The third kappa shape index (κ3) is 11.2. The third-order valence-electron chi connectivity index (χ3n) is 9.57. The van der Waals surface area contributed by atoms with Crippen molar-refractivity contribution in [2.24, 2.45) is 11.8 Å². The largest absolute Gasteiger partial charge is 0.460 e. The Labute approximate surface area is 300 Å². The van der Waals surface area contributed by atoms with Crippen LogP contribution in [-0.2, 0) is 30.0 Å². The first-order valence-corrected chi connectivity index (χ1v) is 24.9. The van der Waals surface area contributed by atoms with Crippen LogP contribution in [0.4, 0.5) is 0 Å². The highest BCUT2D eigenvalue weighted by atomic mass is 32.1. The van der Waals surface area contributed by atoms with Gasteiger partial charge in [-0.25, -0.2) is 9.78 Å². The maximum Gasteiger partial charge on any atom is 0.329 e. The lowest BCUT2D eigenvalue weighted by molar-refractivity contribution is -0.158. The Morgan fingerprint density at radius 1 is 1.08 bits per heavy atom. The lowest BCUT2D eigenvalue weighted by Crippen LogP contribution is -2.47. The standard InChI is InChI=1S/C37H59N3O6SSi2/c1-24(2)33-26(4)17-18-30(42)38-19-13-15-25(3)21-28(46-49(11,12)37(5,6)7)22-27(41)23-31-39-32(36(47-31)48(8,9)10)34(43)40-20-14-16-29(40)35(44)45-33/h13,15,17-18,21,24,26,28-29,33H,14,16,19-20,22-23H2,1-12H3,(H,38,42)/b15-13+,18-17+,25-21+/t26-,28-,29-,33-/m1/s1. The highest BCUT2D eigenvalue weighted by Crippen LogP contribution is 2.38. The first-order valence-electron chi connectivity index (χ1n) is 17.6. The van der Waals surface area contributed by atoms with Crippen LogP contribution in [0.5, 0.6) is 0 Å². The van der Waals surface area contributed by atoms with Gasteiger partial charge in [0.15, 0.2) is 8.32 Å². The van der Waals surface area contributed by atoms with Gasteiger partial charge in [-0.15, -0.1) is 11.3 Å². The first kappa shape index (κ1) is 40.8. The van der Waals surface area contributed by atoms with E-state index in [-0.39, 0.29) is 47.3 Å². The molecular formula is C37H59N3O6SSi2. The molecule has 2 bridgehead atoms. The summed E-state index contributed by atoms with van der Waals surface area (Å²) in [5.74, 6) is -1.21. The van der Waals surface area contributed by atoms with E-state index in [9.17, 15) is 19.2 Å². The van der Waals surface area contributed by atoms with E-state index in [4.69, 9.17) is 14.1 Å². The molecule has 1 N–H and O–H groups in total. The fraction of sp³-hybridized carbons (Fsp3) is 0.649. The molecule has 3 rings (SSSR count). The van der Waals surface area contributed by atoms with E-state index in [0.29, 0.717) is 36.6 Å². The molecule has 1 saturated heterocycles. The molecule has 49 heavy (non-hydrogen) atoms. The fourth-order valence-electron chi connectivity index (χ4n) is 5.86. The summed E-state index contributed by atoms with van der Waals surface area (Å²) in [5, 5.41) is 3.44. The van der Waals surface area contributed by atoms with Crippen LogP contribution in [0.15, 0.2) is 36.0 Å². The number of ketones is 1. The molecule has 0 aliphatic carbocycles. The number of allylic oxidation sites excluding steroid dienone is 2. The van der Waals surface area contributed by atoms with E-state index in [1.807, 2.05) is 45.9 Å². The van der Waals surface area contributed by atoms with Crippen molar-refractivity contribution in [2.75, 3.05) is 13.1 Å². The van der Waals surface area contributed by atoms with E-state index in [1.165, 1.54) is 17.4 Å². The van der Waals surface area contributed by atoms with Crippen LogP contribution in [0.25, 0.3) is 0 Å². The Balaban J connectivity index is 2.06. The van der Waals surface area contributed by atoms with Crippen LogP contribution in [0.2, 0.25) is 37.8 Å². The van der Waals surface area contributed by atoms with Crippen LogP contribution in [-0.4, -0.2) is 81.2 Å². The number of thiazole rings is 1. The van der Waals surface area contributed by atoms with Gasteiger partial charge in [0, 0.05) is 29.9 Å². The Morgan fingerprint density at radius 3 is 2.37 bits per heavy atom. The number of nitrogens with one attached hydrogen (secondary N) is 1. The van der Waals surface area contributed by atoms with E-state index in [1.54, 1.807) is 11.0 Å². The number of rotatable bonds is 4. The lowest BCUT2D eigenvalue weighted by atomic mass is 9.94. The molecular weight excluding hydrogens is 671 g/mol. The quantitative estimate of drug-likeness (QED) is 0.275. The average molecular weight is 730 g/mol. The number of hydrogen-bond donors (Lipinski definition) is 1. The zero-order valence-corrected chi connectivity index (χ0v) is 34.6. The van der Waals surface area contributed by atoms with Crippen LogP contribution < -0.4 is 9.82 Å². The second-order valence-corrected chi connectivity index (χ2v) is 27.7. The number of hydrogen-bond acceptors (Lipinski definition) is 8. The molecule has 0 unspecified atom stereocenters. The monoisotopic (exact) mass is 729 g/mol. The zero-order chi connectivity index (χ0) is 36.9. The molecule has 272 valence electrons. The number of fused-ring (bicyclic) bond motifs is 3. The van der Waals surface area contributed by atoms with Gasteiger partial charge in [0.05, 0.1) is 20.6 Å². The van der Waals surface area contributed by atoms with E-state index in [0.717, 1.165) is 10.1 Å². The highest BCUT2D eigenvalue weighted by molar-refractivity contribution is 7.26. The molecule has 2 amide bonds. The summed E-state index contributed by atoms with van der Waals surface area (Å²) < 4.78 is 13.8. The van der Waals surface area contributed by atoms with Gasteiger partial charge in [-0.3, -0.25) is 14.4 Å². The number of cyclic esters (lactones) is 1. The Morgan fingerprint density at radius 2 is 1.76 bits per heavy atom. The molecule has 4 atom stereocenters. The van der Waals surface area contributed by atoms with Crippen LogP contribution in [0.3, 0.4) is 0 Å². The third-order valence-corrected chi connectivity index (χ3v) is 18.7. The Kier molecular flexibility index (Phi) is 13.8. The number of aromatic nitrogens is 1. The number of Topliss-reactive ketones (excluding diaryl/α,β-unsaturated/α-hetero) is 1. The predicted octanol–water partition coefficient (Wildman–Crippen LogP) is 6.58. The van der Waals surface area contributed by atoms with Crippen LogP contribution in [0, 0.1) is 11.8 Å². The van der Waals surface area contributed by atoms with Gasteiger partial charge in [0.1, 0.15) is 28.6 Å². The van der Waals surface area contributed by atoms with Gasteiger partial charge in [-0.1, -0.05) is 91.1 Å². The minimum absolute atomic E-state index is 0.00837. The van der Waals surface area contributed by atoms with Gasteiger partial charge in [0.25, 0.3) is 5.91 Å². The number of ether oxygens (including phenoxy) is 1. The van der Waals surface area contributed by atoms with Gasteiger partial charge in [-0.2, -0.15) is 0 Å². The topological polar surface area (TPSA) is 115 Å². The molecule has 12 heteroatoms. The smallest absolute Gasteiger partial charge is 0.329 e. The fourth-order valence-corrected chi connectivity index (χ4v) is 10.4. The average Bonchev–Trinajstić information content (AvgIpc) is 3.63. The molecule has 1 aromatic heterocycles. The number of carbonyl (C=O) groups excluding carboxylic acids is 4. The number of amides is 2. The molecule has 1 fully saturated rings. The van der Waals surface area contributed by atoms with Crippen molar-refractivity contribution in [3.8, 4) is 0 Å². The van der Waals surface area contributed by atoms with Crippen molar-refractivity contribution in [1.82, 2.24) is 15.2 Å². The van der Waals surface area contributed by atoms with Crippen molar-refractivity contribution < 1.29 is 28.3 Å². The molecule has 0 radical (unpaired) electrons. The van der Waals surface area contributed by atoms with Crippen molar-refractivity contribution in [3.63, 3.8) is 0 Å². The predicted molar refractivity (Wildman–Crippen MR) is 203 cm³/mol. The van der Waals surface area contributed by atoms with E-state index < -0.39 is 40.6 Å². The summed E-state index contributed by atoms with van der Waals surface area (Å²) in [6, 6.07) is -0.717. The SMILES string of the molecule is CC1=C\[C@@H](O[Si](C)(C)C(C)(C)C)CC(=O)Cc2nc(c([Si](C)(C)C)s2)C(=O)N2CCC[C@@H]2C(=O)O[C@H](C(C)C)[C@H](C)/C=C/C(=O)NC\C=C\1. The second-order valence-electron chi connectivity index (χ2n) is 16.5. The molecule has 3 heterocycles. The zero-order valence-electron chi connectivity index (χ0n) is 31.8. The normalized spacial score (nSPS) is 26.9. The molecule has 9 nitrogen and oxygen atoms in total. The van der Waals surface area contributed by atoms with Gasteiger partial charge in [-0.05, 0) is 49.9 Å². The molecule has 0 spiro atoms. The summed E-state index contributed by atoms with van der Waals surface area (Å²) in [5.41, 5.74) is 1.29. The van der Waals surface area contributed by atoms with Gasteiger partial charge >= 0.3 is 5.97 Å². The minimum Gasteiger partial charge on any atom is -0.460 e. The maximum absolute atomic E-state index is 14.2. The number of carbonyl (C=O) groups is 4. The van der Waals surface area contributed by atoms with E-state index in [2.05, 4.69) is 58.8 Å². The van der Waals surface area contributed by atoms with E-state index >= 15 is 0 Å². The summed E-state index contributed by atoms with van der Waals surface area (Å²) in [7, 11) is -4.28. The summed E-state index contributed by atoms with van der Waals surface area (Å²) >= 11 is 1.46. The molecule has 0 aromatic carbocycles. The van der Waals surface area contributed by atoms with Crippen molar-refractivity contribution in [3.05, 3.63) is 46.7 Å². The Hall–Kier alpha value is -2.68. The van der Waals surface area contributed by atoms with Gasteiger partial charge in [0.2, 0.25) is 5.91 Å². The summed E-state index contributed by atoms with van der Waals surface area (Å²) in [6.07, 6.45) is 9.62. The number of esters is 1. The maximum atomic E-state index is 14.2. The van der Waals surface area contributed by atoms with Crippen LogP contribution >= 0.6 is 11.3 Å². The lowest BCUT2D eigenvalue weighted by Gasteiger charge is -2.38. The van der Waals surface area contributed by atoms with Gasteiger partial charge < -0.3 is 19.4 Å².